The highest BCUT2D eigenvalue weighted by Crippen LogP contribution is 2.31. The molecule has 1 aromatic heterocycles. The van der Waals surface area contributed by atoms with Gasteiger partial charge in [-0.15, -0.1) is 0 Å². The fraction of sp³-hybridized carbons (Fsp3) is 0.435. The minimum Gasteiger partial charge on any atom is -0.460 e. The molecule has 0 aliphatic heterocycles. The van der Waals surface area contributed by atoms with Crippen LogP contribution in [0.1, 0.15) is 60.6 Å². The first-order valence-electron chi connectivity index (χ1n) is 10.00. The van der Waals surface area contributed by atoms with Crippen LogP contribution in [0.5, 0.6) is 0 Å². The predicted molar refractivity (Wildman–Crippen MR) is 111 cm³/mol. The number of nitrogens with zero attached hydrogens (tertiary/aromatic N) is 2. The van der Waals surface area contributed by atoms with Crippen LogP contribution in [0.2, 0.25) is 0 Å². The lowest BCUT2D eigenvalue weighted by Crippen LogP contribution is -2.12. The third kappa shape index (κ3) is 5.14. The van der Waals surface area contributed by atoms with E-state index < -0.39 is 0 Å². The van der Waals surface area contributed by atoms with Crippen molar-refractivity contribution in [3.8, 4) is 6.07 Å². The maximum Gasteiger partial charge on any atom is 0.316 e. The first kappa shape index (κ1) is 20.4. The van der Waals surface area contributed by atoms with E-state index in [9.17, 15) is 10.1 Å². The van der Waals surface area contributed by atoms with E-state index in [-0.39, 0.29) is 18.3 Å². The highest BCUT2D eigenvalue weighted by Gasteiger charge is 2.20. The monoisotopic (exact) mass is 394 g/mol. The van der Waals surface area contributed by atoms with Crippen molar-refractivity contribution in [2.75, 3.05) is 5.75 Å². The van der Waals surface area contributed by atoms with E-state index in [0.29, 0.717) is 10.6 Å². The van der Waals surface area contributed by atoms with Crippen molar-refractivity contribution in [1.29, 1.82) is 5.26 Å². The summed E-state index contributed by atoms with van der Waals surface area (Å²) in [5.41, 5.74) is 5.12. The van der Waals surface area contributed by atoms with Gasteiger partial charge in [-0.05, 0) is 48.8 Å². The summed E-state index contributed by atoms with van der Waals surface area (Å²) in [6.45, 7) is 2.36. The van der Waals surface area contributed by atoms with E-state index in [2.05, 4.69) is 13.0 Å². The Hall–Kier alpha value is -2.32. The van der Waals surface area contributed by atoms with Crippen molar-refractivity contribution < 1.29 is 9.53 Å². The average molecular weight is 395 g/mol. The molecule has 0 saturated heterocycles. The molecular weight excluding hydrogens is 368 g/mol. The molecule has 0 fully saturated rings. The number of ether oxygens (including phenoxy) is 1. The van der Waals surface area contributed by atoms with Crippen molar-refractivity contribution in [3.05, 3.63) is 58.3 Å². The fourth-order valence-electron chi connectivity index (χ4n) is 3.67. The van der Waals surface area contributed by atoms with Gasteiger partial charge in [-0.3, -0.25) is 4.79 Å². The Morgan fingerprint density at radius 1 is 1.18 bits per heavy atom. The molecule has 0 spiro atoms. The number of fused-ring (bicyclic) bond motifs is 1. The smallest absolute Gasteiger partial charge is 0.316 e. The lowest BCUT2D eigenvalue weighted by molar-refractivity contribution is -0.141. The minimum absolute atomic E-state index is 0.163. The van der Waals surface area contributed by atoms with E-state index in [1.165, 1.54) is 30.2 Å². The fourth-order valence-corrected chi connectivity index (χ4v) is 4.49. The molecule has 28 heavy (non-hydrogen) atoms. The summed E-state index contributed by atoms with van der Waals surface area (Å²) in [6.07, 6.45) is 7.55. The SMILES string of the molecule is CCc1c(C#N)c(SCC(=O)OCc2ccccc2)nc2c1CCCCCC2. The normalized spacial score (nSPS) is 13.7. The quantitative estimate of drug-likeness (QED) is 0.509. The van der Waals surface area contributed by atoms with Gasteiger partial charge in [0.05, 0.1) is 11.3 Å². The van der Waals surface area contributed by atoms with Crippen molar-refractivity contribution >= 4 is 17.7 Å². The first-order valence-corrected chi connectivity index (χ1v) is 11.0. The first-order chi connectivity index (χ1) is 13.7. The summed E-state index contributed by atoms with van der Waals surface area (Å²) in [7, 11) is 0. The Morgan fingerprint density at radius 3 is 2.64 bits per heavy atom. The van der Waals surface area contributed by atoms with Crippen LogP contribution in [0.3, 0.4) is 0 Å². The van der Waals surface area contributed by atoms with Crippen LogP contribution in [0.25, 0.3) is 0 Å². The van der Waals surface area contributed by atoms with Gasteiger partial charge >= 0.3 is 5.97 Å². The Balaban J connectivity index is 1.72. The number of aromatic nitrogens is 1. The summed E-state index contributed by atoms with van der Waals surface area (Å²) in [5.74, 6) is -0.125. The van der Waals surface area contributed by atoms with Crippen molar-refractivity contribution in [2.45, 2.75) is 63.5 Å². The number of rotatable bonds is 6. The second-order valence-electron chi connectivity index (χ2n) is 7.01. The number of esters is 1. The summed E-state index contributed by atoms with van der Waals surface area (Å²) in [4.78, 5) is 17.0. The Kier molecular flexibility index (Phi) is 7.50. The standard InChI is InChI=1S/C23H26N2O2S/c1-2-18-19-12-8-3-4-9-13-21(19)25-23(20(18)14-24)28-16-22(26)27-15-17-10-6-5-7-11-17/h5-7,10-11H,2-4,8-9,12-13,15-16H2,1H3. The van der Waals surface area contributed by atoms with E-state index in [4.69, 9.17) is 9.72 Å². The van der Waals surface area contributed by atoms with E-state index in [1.54, 1.807) is 0 Å². The molecule has 0 amide bonds. The van der Waals surface area contributed by atoms with Gasteiger partial charge in [-0.1, -0.05) is 61.9 Å². The van der Waals surface area contributed by atoms with E-state index in [0.717, 1.165) is 48.9 Å². The topological polar surface area (TPSA) is 63.0 Å². The highest BCUT2D eigenvalue weighted by atomic mass is 32.2. The number of carbonyl (C=O) groups excluding carboxylic acids is 1. The third-order valence-electron chi connectivity index (χ3n) is 5.09. The number of nitriles is 1. The molecule has 5 heteroatoms. The lowest BCUT2D eigenvalue weighted by Gasteiger charge is -2.19. The number of hydrogen-bond acceptors (Lipinski definition) is 5. The molecule has 0 unspecified atom stereocenters. The van der Waals surface area contributed by atoms with Crippen LogP contribution in [-0.4, -0.2) is 16.7 Å². The molecule has 146 valence electrons. The van der Waals surface area contributed by atoms with Crippen LogP contribution >= 0.6 is 11.8 Å². The molecule has 0 N–H and O–H groups in total. The molecule has 4 nitrogen and oxygen atoms in total. The largest absolute Gasteiger partial charge is 0.460 e. The van der Waals surface area contributed by atoms with Gasteiger partial charge in [-0.25, -0.2) is 4.98 Å². The average Bonchev–Trinajstić information content (AvgIpc) is 2.71. The number of hydrogen-bond donors (Lipinski definition) is 0. The van der Waals surface area contributed by atoms with Gasteiger partial charge in [0.25, 0.3) is 0 Å². The zero-order chi connectivity index (χ0) is 19.8. The van der Waals surface area contributed by atoms with Crippen molar-refractivity contribution in [3.63, 3.8) is 0 Å². The molecule has 0 bridgehead atoms. The number of benzene rings is 1. The summed E-state index contributed by atoms with van der Waals surface area (Å²) in [6, 6.07) is 12.0. The lowest BCUT2D eigenvalue weighted by atomic mass is 9.90. The molecule has 1 aromatic carbocycles. The highest BCUT2D eigenvalue weighted by molar-refractivity contribution is 7.99. The summed E-state index contributed by atoms with van der Waals surface area (Å²) >= 11 is 1.32. The second-order valence-corrected chi connectivity index (χ2v) is 7.97. The molecule has 2 aromatic rings. The van der Waals surface area contributed by atoms with Gasteiger partial charge in [0.1, 0.15) is 17.7 Å². The van der Waals surface area contributed by atoms with Crippen molar-refractivity contribution in [1.82, 2.24) is 4.98 Å². The number of thioether (sulfide) groups is 1. The van der Waals surface area contributed by atoms with Gasteiger partial charge < -0.3 is 4.74 Å². The minimum atomic E-state index is -0.288. The molecule has 0 saturated carbocycles. The maximum absolute atomic E-state index is 12.2. The Bertz CT molecular complexity index is 859. The zero-order valence-corrected chi connectivity index (χ0v) is 17.2. The van der Waals surface area contributed by atoms with Gasteiger partial charge in [0.15, 0.2) is 0 Å². The molecule has 3 rings (SSSR count). The summed E-state index contributed by atoms with van der Waals surface area (Å²) < 4.78 is 5.36. The van der Waals surface area contributed by atoms with Gasteiger partial charge in [0.2, 0.25) is 0 Å². The predicted octanol–water partition coefficient (Wildman–Crippen LogP) is 5.01. The van der Waals surface area contributed by atoms with Crippen LogP contribution in [0.4, 0.5) is 0 Å². The molecule has 1 aliphatic rings. The Morgan fingerprint density at radius 2 is 1.93 bits per heavy atom. The molecule has 0 radical (unpaired) electrons. The van der Waals surface area contributed by atoms with Crippen LogP contribution in [0, 0.1) is 11.3 Å². The number of aryl methyl sites for hydroxylation is 1. The van der Waals surface area contributed by atoms with Crippen LogP contribution < -0.4 is 0 Å². The molecular formula is C23H26N2O2S. The molecule has 1 heterocycles. The van der Waals surface area contributed by atoms with Crippen LogP contribution in [0.15, 0.2) is 35.4 Å². The number of carbonyl (C=O) groups is 1. The molecule has 0 atom stereocenters. The maximum atomic E-state index is 12.2. The van der Waals surface area contributed by atoms with E-state index in [1.807, 2.05) is 30.3 Å². The van der Waals surface area contributed by atoms with Crippen LogP contribution in [-0.2, 0) is 35.4 Å². The summed E-state index contributed by atoms with van der Waals surface area (Å²) in [5, 5.41) is 10.4. The Labute approximate surface area is 171 Å². The zero-order valence-electron chi connectivity index (χ0n) is 16.4. The van der Waals surface area contributed by atoms with Crippen molar-refractivity contribution in [2.24, 2.45) is 0 Å². The molecule has 1 aliphatic carbocycles. The van der Waals surface area contributed by atoms with E-state index >= 15 is 0 Å². The third-order valence-corrected chi connectivity index (χ3v) is 6.04. The van der Waals surface area contributed by atoms with Gasteiger partial charge in [-0.2, -0.15) is 5.26 Å². The second kappa shape index (κ2) is 10.3. The number of pyridine rings is 1. The van der Waals surface area contributed by atoms with Gasteiger partial charge in [0, 0.05) is 5.69 Å².